The Balaban J connectivity index is 0.00000261. The second-order valence-electron chi connectivity index (χ2n) is 6.42. The smallest absolute Gasteiger partial charge is 0.218 e. The normalized spacial score (nSPS) is 14.5. The van der Waals surface area contributed by atoms with Gasteiger partial charge in [-0.3, -0.25) is 9.98 Å². The molecule has 1 saturated carbocycles. The van der Waals surface area contributed by atoms with Crippen LogP contribution in [0.5, 0.6) is 5.88 Å². The maximum absolute atomic E-state index is 6.09. The van der Waals surface area contributed by atoms with E-state index < -0.39 is 0 Å². The molecule has 2 aromatic rings. The fourth-order valence-electron chi connectivity index (χ4n) is 3.08. The Morgan fingerprint density at radius 1 is 1.11 bits per heavy atom. The highest BCUT2D eigenvalue weighted by Gasteiger charge is 2.18. The molecule has 1 fully saturated rings. The predicted molar refractivity (Wildman–Crippen MR) is 119 cm³/mol. The van der Waals surface area contributed by atoms with Crippen molar-refractivity contribution in [1.82, 2.24) is 20.6 Å². The third-order valence-corrected chi connectivity index (χ3v) is 4.50. The number of hydrogen-bond acceptors (Lipinski definition) is 4. The van der Waals surface area contributed by atoms with Crippen LogP contribution in [-0.2, 0) is 13.0 Å². The number of guanidine groups is 1. The van der Waals surface area contributed by atoms with E-state index >= 15 is 0 Å². The fourth-order valence-corrected chi connectivity index (χ4v) is 3.08. The highest BCUT2D eigenvalue weighted by atomic mass is 127. The van der Waals surface area contributed by atoms with E-state index in [4.69, 9.17) is 4.74 Å². The third kappa shape index (κ3) is 6.97. The van der Waals surface area contributed by atoms with Crippen molar-refractivity contribution in [3.8, 4) is 5.88 Å². The Bertz CT molecular complexity index is 705. The topological polar surface area (TPSA) is 71.4 Å². The minimum Gasteiger partial charge on any atom is -0.474 e. The zero-order valence-electron chi connectivity index (χ0n) is 15.7. The molecule has 1 aliphatic rings. The van der Waals surface area contributed by atoms with E-state index in [1.165, 1.54) is 12.8 Å². The van der Waals surface area contributed by atoms with E-state index in [0.717, 1.165) is 48.9 Å². The summed E-state index contributed by atoms with van der Waals surface area (Å²) in [5.74, 6) is 1.49. The van der Waals surface area contributed by atoms with Crippen molar-refractivity contribution in [1.29, 1.82) is 0 Å². The largest absolute Gasteiger partial charge is 0.474 e. The standard InChI is InChI=1S/C20H27N5O.HI/c1-21-20(24-14-11-17-8-4-5-12-22-17)25-15-16-7-6-13-23-19(16)26-18-9-2-3-10-18;/h4-8,12-13,18H,2-3,9-11,14-15H2,1H3,(H2,21,24,25);1H. The summed E-state index contributed by atoms with van der Waals surface area (Å²) in [4.78, 5) is 13.0. The first-order chi connectivity index (χ1) is 12.8. The van der Waals surface area contributed by atoms with Gasteiger partial charge in [0.2, 0.25) is 5.88 Å². The van der Waals surface area contributed by atoms with Gasteiger partial charge in [0, 0.05) is 50.2 Å². The first kappa shape index (κ1) is 21.4. The van der Waals surface area contributed by atoms with Gasteiger partial charge in [-0.2, -0.15) is 0 Å². The molecule has 27 heavy (non-hydrogen) atoms. The Hall–Kier alpha value is -1.90. The lowest BCUT2D eigenvalue weighted by Crippen LogP contribution is -2.38. The lowest BCUT2D eigenvalue weighted by Gasteiger charge is -2.16. The van der Waals surface area contributed by atoms with Gasteiger partial charge in [0.05, 0.1) is 0 Å². The van der Waals surface area contributed by atoms with Crippen LogP contribution in [0.4, 0.5) is 0 Å². The van der Waals surface area contributed by atoms with Crippen LogP contribution >= 0.6 is 24.0 Å². The summed E-state index contributed by atoms with van der Waals surface area (Å²) in [6.45, 7) is 1.40. The lowest BCUT2D eigenvalue weighted by atomic mass is 10.2. The van der Waals surface area contributed by atoms with Crippen LogP contribution in [0.15, 0.2) is 47.7 Å². The summed E-state index contributed by atoms with van der Waals surface area (Å²) in [7, 11) is 1.77. The van der Waals surface area contributed by atoms with Gasteiger partial charge in [0.1, 0.15) is 6.10 Å². The summed E-state index contributed by atoms with van der Waals surface area (Å²) in [6, 6.07) is 9.95. The second kappa shape index (κ2) is 11.7. The minimum atomic E-state index is 0. The first-order valence-electron chi connectivity index (χ1n) is 9.30. The molecule has 0 atom stereocenters. The van der Waals surface area contributed by atoms with Gasteiger partial charge < -0.3 is 15.4 Å². The summed E-state index contributed by atoms with van der Waals surface area (Å²) in [6.07, 6.45) is 9.50. The van der Waals surface area contributed by atoms with Crippen molar-refractivity contribution in [3.05, 3.63) is 54.0 Å². The third-order valence-electron chi connectivity index (χ3n) is 4.50. The van der Waals surface area contributed by atoms with Crippen molar-refractivity contribution in [2.45, 2.75) is 44.8 Å². The van der Waals surface area contributed by atoms with Crippen LogP contribution in [-0.4, -0.2) is 35.6 Å². The molecule has 0 spiro atoms. The number of aromatic nitrogens is 2. The second-order valence-corrected chi connectivity index (χ2v) is 6.42. The summed E-state index contributed by atoms with van der Waals surface area (Å²) < 4.78 is 6.09. The molecular formula is C20H28IN5O. The number of nitrogens with zero attached hydrogens (tertiary/aromatic N) is 3. The van der Waals surface area contributed by atoms with Crippen LogP contribution in [0, 0.1) is 0 Å². The minimum absolute atomic E-state index is 0. The molecule has 0 amide bonds. The molecule has 6 nitrogen and oxygen atoms in total. The van der Waals surface area contributed by atoms with Gasteiger partial charge in [0.15, 0.2) is 5.96 Å². The maximum Gasteiger partial charge on any atom is 0.218 e. The number of aliphatic imine (C=N–C) groups is 1. The van der Waals surface area contributed by atoms with Gasteiger partial charge in [0.25, 0.3) is 0 Å². The number of hydrogen-bond donors (Lipinski definition) is 2. The predicted octanol–water partition coefficient (Wildman–Crippen LogP) is 3.32. The molecule has 7 heteroatoms. The Morgan fingerprint density at radius 3 is 2.67 bits per heavy atom. The fraction of sp³-hybridized carbons (Fsp3) is 0.450. The quantitative estimate of drug-likeness (QED) is 0.361. The van der Waals surface area contributed by atoms with Gasteiger partial charge in [-0.25, -0.2) is 4.98 Å². The van der Waals surface area contributed by atoms with E-state index in [1.54, 1.807) is 13.2 Å². The zero-order valence-corrected chi connectivity index (χ0v) is 18.1. The SMILES string of the molecule is CN=C(NCCc1ccccn1)NCc1cccnc1OC1CCCC1.I. The molecular weight excluding hydrogens is 453 g/mol. The molecule has 0 unspecified atom stereocenters. The number of pyridine rings is 2. The monoisotopic (exact) mass is 481 g/mol. The van der Waals surface area contributed by atoms with Gasteiger partial charge in [-0.1, -0.05) is 12.1 Å². The number of ether oxygens (including phenoxy) is 1. The van der Waals surface area contributed by atoms with E-state index in [0.29, 0.717) is 12.6 Å². The molecule has 3 rings (SSSR count). The summed E-state index contributed by atoms with van der Waals surface area (Å²) in [5.41, 5.74) is 2.11. The van der Waals surface area contributed by atoms with Crippen LogP contribution in [0.2, 0.25) is 0 Å². The molecule has 146 valence electrons. The zero-order chi connectivity index (χ0) is 18.0. The van der Waals surface area contributed by atoms with E-state index in [9.17, 15) is 0 Å². The van der Waals surface area contributed by atoms with Crippen molar-refractivity contribution < 1.29 is 4.74 Å². The molecule has 0 radical (unpaired) electrons. The Morgan fingerprint density at radius 2 is 1.93 bits per heavy atom. The highest BCUT2D eigenvalue weighted by molar-refractivity contribution is 14.0. The number of halogens is 1. The van der Waals surface area contributed by atoms with Crippen molar-refractivity contribution in [3.63, 3.8) is 0 Å². The van der Waals surface area contributed by atoms with Crippen molar-refractivity contribution in [2.75, 3.05) is 13.6 Å². The molecule has 2 N–H and O–H groups in total. The number of nitrogens with one attached hydrogen (secondary N) is 2. The Kier molecular flexibility index (Phi) is 9.30. The van der Waals surface area contributed by atoms with Gasteiger partial charge in [-0.15, -0.1) is 24.0 Å². The van der Waals surface area contributed by atoms with Gasteiger partial charge in [-0.05, 0) is 43.9 Å². The Labute approximate surface area is 178 Å². The molecule has 0 saturated heterocycles. The first-order valence-corrected chi connectivity index (χ1v) is 9.30. The van der Waals surface area contributed by atoms with Crippen LogP contribution < -0.4 is 15.4 Å². The highest BCUT2D eigenvalue weighted by Crippen LogP contribution is 2.24. The average molecular weight is 481 g/mol. The van der Waals surface area contributed by atoms with Crippen LogP contribution in [0.3, 0.4) is 0 Å². The average Bonchev–Trinajstić information content (AvgIpc) is 3.19. The molecule has 0 aliphatic heterocycles. The van der Waals surface area contributed by atoms with Crippen molar-refractivity contribution in [2.24, 2.45) is 4.99 Å². The number of rotatable bonds is 7. The van der Waals surface area contributed by atoms with E-state index in [1.807, 2.05) is 36.5 Å². The van der Waals surface area contributed by atoms with Crippen LogP contribution in [0.25, 0.3) is 0 Å². The van der Waals surface area contributed by atoms with E-state index in [2.05, 4.69) is 25.6 Å². The van der Waals surface area contributed by atoms with Gasteiger partial charge >= 0.3 is 0 Å². The molecule has 0 aromatic carbocycles. The van der Waals surface area contributed by atoms with E-state index in [-0.39, 0.29) is 24.0 Å². The maximum atomic E-state index is 6.09. The summed E-state index contributed by atoms with van der Waals surface area (Å²) in [5, 5.41) is 6.65. The van der Waals surface area contributed by atoms with Crippen molar-refractivity contribution >= 4 is 29.9 Å². The summed E-state index contributed by atoms with van der Waals surface area (Å²) >= 11 is 0. The van der Waals surface area contributed by atoms with Crippen LogP contribution in [0.1, 0.15) is 36.9 Å². The molecule has 2 aromatic heterocycles. The molecule has 0 bridgehead atoms. The molecule has 1 aliphatic carbocycles. The lowest BCUT2D eigenvalue weighted by molar-refractivity contribution is 0.199. The molecule has 2 heterocycles.